The lowest BCUT2D eigenvalue weighted by molar-refractivity contribution is 0.471. The normalized spacial score (nSPS) is 10.5. The molecule has 0 bridgehead atoms. The second-order valence-corrected chi connectivity index (χ2v) is 4.03. The van der Waals surface area contributed by atoms with Crippen molar-refractivity contribution in [3.63, 3.8) is 0 Å². The van der Waals surface area contributed by atoms with Crippen molar-refractivity contribution in [1.82, 2.24) is 9.55 Å². The number of aryl methyl sites for hydroxylation is 2. The Morgan fingerprint density at radius 3 is 2.94 bits per heavy atom. The van der Waals surface area contributed by atoms with Crippen molar-refractivity contribution in [2.45, 2.75) is 26.9 Å². The molecule has 0 amide bonds. The van der Waals surface area contributed by atoms with Gasteiger partial charge in [0.1, 0.15) is 5.75 Å². The van der Waals surface area contributed by atoms with Gasteiger partial charge in [0.25, 0.3) is 0 Å². The van der Waals surface area contributed by atoms with Gasteiger partial charge in [-0.1, -0.05) is 6.07 Å². The number of imidazole rings is 1. The molecule has 2 rings (SSSR count). The van der Waals surface area contributed by atoms with Crippen LogP contribution in [0.15, 0.2) is 30.7 Å². The summed E-state index contributed by atoms with van der Waals surface area (Å²) in [5.41, 5.74) is 2.93. The highest BCUT2D eigenvalue weighted by Crippen LogP contribution is 2.21. The van der Waals surface area contributed by atoms with Gasteiger partial charge in [-0.05, 0) is 25.5 Å². The van der Waals surface area contributed by atoms with Crippen LogP contribution in [0.4, 0.5) is 5.69 Å². The summed E-state index contributed by atoms with van der Waals surface area (Å²) in [6.07, 6.45) is 3.67. The zero-order chi connectivity index (χ0) is 12.3. The summed E-state index contributed by atoms with van der Waals surface area (Å²) in [5, 5.41) is 12.9. The first kappa shape index (κ1) is 11.5. The first-order valence-corrected chi connectivity index (χ1v) is 5.73. The molecule has 0 spiro atoms. The fourth-order valence-electron chi connectivity index (χ4n) is 1.69. The summed E-state index contributed by atoms with van der Waals surface area (Å²) >= 11 is 0. The monoisotopic (exact) mass is 231 g/mol. The Bertz CT molecular complexity index is 505. The number of anilines is 1. The van der Waals surface area contributed by atoms with Crippen LogP contribution >= 0.6 is 0 Å². The van der Waals surface area contributed by atoms with Crippen LogP contribution in [0.25, 0.3) is 0 Å². The van der Waals surface area contributed by atoms with Crippen molar-refractivity contribution >= 4 is 5.69 Å². The van der Waals surface area contributed by atoms with Gasteiger partial charge in [0, 0.05) is 24.5 Å². The lowest BCUT2D eigenvalue weighted by Gasteiger charge is -2.09. The second-order valence-electron chi connectivity index (χ2n) is 4.03. The van der Waals surface area contributed by atoms with E-state index in [0.717, 1.165) is 23.5 Å². The summed E-state index contributed by atoms with van der Waals surface area (Å²) in [6.45, 7) is 5.58. The molecule has 0 aliphatic carbocycles. The zero-order valence-corrected chi connectivity index (χ0v) is 10.1. The quantitative estimate of drug-likeness (QED) is 0.850. The lowest BCUT2D eigenvalue weighted by Crippen LogP contribution is -2.05. The van der Waals surface area contributed by atoms with Crippen molar-refractivity contribution in [3.05, 3.63) is 42.0 Å². The van der Waals surface area contributed by atoms with Gasteiger partial charge in [-0.25, -0.2) is 4.98 Å². The molecule has 90 valence electrons. The summed E-state index contributed by atoms with van der Waals surface area (Å²) in [4.78, 5) is 4.11. The maximum Gasteiger partial charge on any atom is 0.120 e. The van der Waals surface area contributed by atoms with Crippen LogP contribution in [-0.4, -0.2) is 14.7 Å². The van der Waals surface area contributed by atoms with Gasteiger partial charge in [0.2, 0.25) is 0 Å². The van der Waals surface area contributed by atoms with E-state index in [1.54, 1.807) is 6.07 Å². The molecule has 1 aromatic carbocycles. The third-order valence-corrected chi connectivity index (χ3v) is 2.82. The van der Waals surface area contributed by atoms with E-state index in [-0.39, 0.29) is 0 Å². The van der Waals surface area contributed by atoms with Gasteiger partial charge in [0.15, 0.2) is 0 Å². The Morgan fingerprint density at radius 1 is 1.41 bits per heavy atom. The molecular weight excluding hydrogens is 214 g/mol. The number of nitrogens with zero attached hydrogens (tertiary/aromatic N) is 2. The largest absolute Gasteiger partial charge is 0.508 e. The second kappa shape index (κ2) is 4.91. The van der Waals surface area contributed by atoms with Crippen LogP contribution < -0.4 is 5.32 Å². The number of phenols is 1. The Labute approximate surface area is 101 Å². The van der Waals surface area contributed by atoms with Crippen molar-refractivity contribution in [3.8, 4) is 5.75 Å². The maximum atomic E-state index is 9.60. The standard InChI is InChI=1S/C13H17N3O/c1-3-16-9-14-7-12(16)8-15-11-5-4-10(2)13(17)6-11/h4-7,9,15,17H,3,8H2,1-2H3. The number of phenolic OH excluding ortho intramolecular Hbond substituents is 1. The molecule has 0 radical (unpaired) electrons. The summed E-state index contributed by atoms with van der Waals surface area (Å²) in [6, 6.07) is 5.60. The number of hydrogen-bond donors (Lipinski definition) is 2. The van der Waals surface area contributed by atoms with Crippen LogP contribution in [0.5, 0.6) is 5.75 Å². The minimum atomic E-state index is 0.319. The molecule has 2 aromatic rings. The molecule has 0 saturated heterocycles. The first-order valence-electron chi connectivity index (χ1n) is 5.73. The molecule has 0 aliphatic heterocycles. The molecule has 17 heavy (non-hydrogen) atoms. The van der Waals surface area contributed by atoms with Crippen molar-refractivity contribution in [2.75, 3.05) is 5.32 Å². The van der Waals surface area contributed by atoms with E-state index in [4.69, 9.17) is 0 Å². The third-order valence-electron chi connectivity index (χ3n) is 2.82. The fourth-order valence-corrected chi connectivity index (χ4v) is 1.69. The van der Waals surface area contributed by atoms with Crippen LogP contribution in [0.2, 0.25) is 0 Å². The molecular formula is C13H17N3O. The number of aromatic nitrogens is 2. The van der Waals surface area contributed by atoms with Crippen LogP contribution in [-0.2, 0) is 13.1 Å². The van der Waals surface area contributed by atoms with E-state index in [1.165, 1.54) is 0 Å². The molecule has 2 N–H and O–H groups in total. The van der Waals surface area contributed by atoms with Gasteiger partial charge in [-0.2, -0.15) is 0 Å². The first-order chi connectivity index (χ1) is 8.20. The Hall–Kier alpha value is -1.97. The molecule has 1 aromatic heterocycles. The van der Waals surface area contributed by atoms with E-state index in [0.29, 0.717) is 12.3 Å². The third kappa shape index (κ3) is 2.58. The van der Waals surface area contributed by atoms with Gasteiger partial charge in [0.05, 0.1) is 18.6 Å². The predicted molar refractivity (Wildman–Crippen MR) is 68.1 cm³/mol. The molecule has 0 unspecified atom stereocenters. The topological polar surface area (TPSA) is 50.1 Å². The molecule has 0 fully saturated rings. The summed E-state index contributed by atoms with van der Waals surface area (Å²) in [5.74, 6) is 0.319. The molecule has 4 nitrogen and oxygen atoms in total. The van der Waals surface area contributed by atoms with E-state index in [1.807, 2.05) is 31.6 Å². The lowest BCUT2D eigenvalue weighted by atomic mass is 10.2. The number of aromatic hydroxyl groups is 1. The number of benzene rings is 1. The Balaban J connectivity index is 2.05. The highest BCUT2D eigenvalue weighted by molar-refractivity contribution is 5.50. The summed E-state index contributed by atoms with van der Waals surface area (Å²) in [7, 11) is 0. The van der Waals surface area contributed by atoms with Crippen LogP contribution in [0.1, 0.15) is 18.2 Å². The molecule has 0 saturated carbocycles. The van der Waals surface area contributed by atoms with E-state index in [2.05, 4.69) is 21.8 Å². The predicted octanol–water partition coefficient (Wildman–Crippen LogP) is 2.53. The average molecular weight is 231 g/mol. The van der Waals surface area contributed by atoms with Gasteiger partial charge < -0.3 is 15.0 Å². The number of nitrogens with one attached hydrogen (secondary N) is 1. The zero-order valence-electron chi connectivity index (χ0n) is 10.1. The Morgan fingerprint density at radius 2 is 2.24 bits per heavy atom. The molecule has 0 atom stereocenters. The number of rotatable bonds is 4. The Kier molecular flexibility index (Phi) is 3.32. The molecule has 1 heterocycles. The van der Waals surface area contributed by atoms with Gasteiger partial charge in [-0.3, -0.25) is 0 Å². The van der Waals surface area contributed by atoms with Crippen LogP contribution in [0, 0.1) is 6.92 Å². The van der Waals surface area contributed by atoms with E-state index in [9.17, 15) is 5.11 Å². The van der Waals surface area contributed by atoms with E-state index >= 15 is 0 Å². The molecule has 0 aliphatic rings. The van der Waals surface area contributed by atoms with Crippen molar-refractivity contribution < 1.29 is 5.11 Å². The minimum Gasteiger partial charge on any atom is -0.508 e. The number of hydrogen-bond acceptors (Lipinski definition) is 3. The maximum absolute atomic E-state index is 9.60. The average Bonchev–Trinajstić information content (AvgIpc) is 2.78. The van der Waals surface area contributed by atoms with Gasteiger partial charge in [-0.15, -0.1) is 0 Å². The smallest absolute Gasteiger partial charge is 0.120 e. The minimum absolute atomic E-state index is 0.319. The van der Waals surface area contributed by atoms with Gasteiger partial charge >= 0.3 is 0 Å². The SMILES string of the molecule is CCn1cncc1CNc1ccc(C)c(O)c1. The highest BCUT2D eigenvalue weighted by Gasteiger charge is 2.01. The summed E-state index contributed by atoms with van der Waals surface area (Å²) < 4.78 is 2.08. The van der Waals surface area contributed by atoms with Crippen molar-refractivity contribution in [2.24, 2.45) is 0 Å². The highest BCUT2D eigenvalue weighted by atomic mass is 16.3. The molecule has 4 heteroatoms. The fraction of sp³-hybridized carbons (Fsp3) is 0.308. The van der Waals surface area contributed by atoms with E-state index < -0.39 is 0 Å². The van der Waals surface area contributed by atoms with Crippen LogP contribution in [0.3, 0.4) is 0 Å². The van der Waals surface area contributed by atoms with Crippen molar-refractivity contribution in [1.29, 1.82) is 0 Å².